The largest absolute Gasteiger partial charge is 0.0987 e. The maximum Gasteiger partial charge on any atom is 0.0314 e. The molecule has 0 unspecified atom stereocenters. The van der Waals surface area contributed by atoms with Gasteiger partial charge in [-0.15, -0.1) is 0 Å². The molecule has 0 saturated carbocycles. The molecule has 9 heavy (non-hydrogen) atoms. The molecule has 0 aromatic heterocycles. The Morgan fingerprint density at radius 3 is 2.67 bits per heavy atom. The number of rotatable bonds is 0. The van der Waals surface area contributed by atoms with Gasteiger partial charge in [0.25, 0.3) is 0 Å². The molecule has 50 valence electrons. The minimum atomic E-state index is 0.923. The van der Waals surface area contributed by atoms with Gasteiger partial charge in [-0.1, -0.05) is 29.4 Å². The van der Waals surface area contributed by atoms with E-state index in [9.17, 15) is 0 Å². The van der Waals surface area contributed by atoms with Gasteiger partial charge < -0.3 is 0 Å². The molecule has 0 N–H and O–H groups in total. The summed E-state index contributed by atoms with van der Waals surface area (Å²) >= 11 is 7.60. The Morgan fingerprint density at radius 2 is 2.22 bits per heavy atom. The molecule has 2 heteroatoms. The van der Waals surface area contributed by atoms with Gasteiger partial charge in [0.2, 0.25) is 0 Å². The van der Waals surface area contributed by atoms with Gasteiger partial charge in [0.15, 0.2) is 0 Å². The summed E-state index contributed by atoms with van der Waals surface area (Å²) in [5, 5.41) is 0.991. The van der Waals surface area contributed by atoms with Crippen LogP contribution in [0.2, 0.25) is 0 Å². The summed E-state index contributed by atoms with van der Waals surface area (Å²) in [6.07, 6.45) is 3.08. The Bertz CT molecular complexity index is 179. The fourth-order valence-corrected chi connectivity index (χ4v) is 1.75. The van der Waals surface area contributed by atoms with Crippen LogP contribution in [0.3, 0.4) is 0 Å². The summed E-state index contributed by atoms with van der Waals surface area (Å²) in [6.45, 7) is 4.17. The molecule has 0 nitrogen and oxygen atoms in total. The Labute approximate surface area is 65.0 Å². The van der Waals surface area contributed by atoms with E-state index in [-0.39, 0.29) is 0 Å². The molecule has 1 aliphatic rings. The van der Waals surface area contributed by atoms with Crippen LogP contribution < -0.4 is 0 Å². The lowest BCUT2D eigenvalue weighted by molar-refractivity contribution is 1.29. The highest BCUT2D eigenvalue weighted by atomic mass is 35.5. The second kappa shape index (κ2) is 2.80. The van der Waals surface area contributed by atoms with Crippen molar-refractivity contribution in [1.29, 1.82) is 0 Å². The molecule has 0 aromatic carbocycles. The highest BCUT2D eigenvalue weighted by Crippen LogP contribution is 2.34. The van der Waals surface area contributed by atoms with Crippen LogP contribution in [0.15, 0.2) is 20.9 Å². The van der Waals surface area contributed by atoms with E-state index in [1.807, 2.05) is 0 Å². The maximum atomic E-state index is 5.85. The highest BCUT2D eigenvalue weighted by molar-refractivity contribution is 8.06. The molecule has 0 fully saturated rings. The van der Waals surface area contributed by atoms with Crippen molar-refractivity contribution in [1.82, 2.24) is 0 Å². The van der Waals surface area contributed by atoms with Crippen LogP contribution >= 0.6 is 23.4 Å². The van der Waals surface area contributed by atoms with Gasteiger partial charge in [-0.05, 0) is 18.8 Å². The van der Waals surface area contributed by atoms with Crippen molar-refractivity contribution in [3.8, 4) is 0 Å². The van der Waals surface area contributed by atoms with Gasteiger partial charge in [0.1, 0.15) is 0 Å². The summed E-state index contributed by atoms with van der Waals surface area (Å²) in [4.78, 5) is 2.61. The first kappa shape index (κ1) is 7.23. The van der Waals surface area contributed by atoms with E-state index in [2.05, 4.69) is 19.9 Å². The molecular formula is C7H9ClS. The lowest BCUT2D eigenvalue weighted by Gasteiger charge is -2.09. The van der Waals surface area contributed by atoms with Crippen molar-refractivity contribution >= 4 is 23.4 Å². The smallest absolute Gasteiger partial charge is 0.0314 e. The zero-order valence-electron chi connectivity index (χ0n) is 5.57. The first-order valence-corrected chi connectivity index (χ1v) is 4.09. The summed E-state index contributed by atoms with van der Waals surface area (Å²) in [7, 11) is 0. The van der Waals surface area contributed by atoms with Crippen LogP contribution in [0.4, 0.5) is 0 Å². The third-order valence-electron chi connectivity index (χ3n) is 1.26. The third kappa shape index (κ3) is 1.77. The van der Waals surface area contributed by atoms with Crippen LogP contribution in [0.25, 0.3) is 0 Å². The molecule has 1 rings (SSSR count). The second-order valence-corrected chi connectivity index (χ2v) is 4.00. The van der Waals surface area contributed by atoms with Gasteiger partial charge in [-0.25, -0.2) is 0 Å². The van der Waals surface area contributed by atoms with Crippen molar-refractivity contribution in [2.24, 2.45) is 0 Å². The number of allylic oxidation sites excluding steroid dienone is 4. The molecule has 0 bridgehead atoms. The van der Waals surface area contributed by atoms with E-state index in [1.165, 1.54) is 9.81 Å². The monoisotopic (exact) mass is 160 g/mol. The predicted molar refractivity (Wildman–Crippen MR) is 44.5 cm³/mol. The average molecular weight is 161 g/mol. The topological polar surface area (TPSA) is 0 Å². The number of hydrogen-bond acceptors (Lipinski definition) is 1. The quantitative estimate of drug-likeness (QED) is 0.523. The van der Waals surface area contributed by atoms with Crippen LogP contribution in [-0.2, 0) is 0 Å². The van der Waals surface area contributed by atoms with Gasteiger partial charge in [-0.3, -0.25) is 0 Å². The van der Waals surface area contributed by atoms with E-state index in [0.717, 1.165) is 11.5 Å². The Hall–Kier alpha value is 0.120. The Kier molecular flexibility index (Phi) is 2.25. The van der Waals surface area contributed by atoms with Gasteiger partial charge in [-0.2, -0.15) is 0 Å². The molecule has 1 aliphatic heterocycles. The van der Waals surface area contributed by atoms with Crippen molar-refractivity contribution in [3.05, 3.63) is 20.9 Å². The number of thioether (sulfide) groups is 1. The Balaban J connectivity index is 2.70. The SMILES string of the molecule is CC1=CCC(Cl)=C(C)S1. The molecule has 0 atom stereocenters. The maximum absolute atomic E-state index is 5.85. The molecule has 0 aromatic rings. The third-order valence-corrected chi connectivity index (χ3v) is 2.86. The van der Waals surface area contributed by atoms with Crippen LogP contribution in [0.1, 0.15) is 20.3 Å². The highest BCUT2D eigenvalue weighted by Gasteiger charge is 2.05. The van der Waals surface area contributed by atoms with Crippen molar-refractivity contribution in [3.63, 3.8) is 0 Å². The first-order chi connectivity index (χ1) is 4.20. The van der Waals surface area contributed by atoms with Crippen LogP contribution in [-0.4, -0.2) is 0 Å². The van der Waals surface area contributed by atoms with E-state index >= 15 is 0 Å². The fraction of sp³-hybridized carbons (Fsp3) is 0.429. The van der Waals surface area contributed by atoms with E-state index < -0.39 is 0 Å². The average Bonchev–Trinajstić information content (AvgIpc) is 1.80. The van der Waals surface area contributed by atoms with E-state index in [1.54, 1.807) is 11.8 Å². The molecule has 0 radical (unpaired) electrons. The minimum absolute atomic E-state index is 0.923. The summed E-state index contributed by atoms with van der Waals surface area (Å²) in [6, 6.07) is 0. The second-order valence-electron chi connectivity index (χ2n) is 2.08. The molecule has 0 saturated heterocycles. The Morgan fingerprint density at radius 1 is 1.56 bits per heavy atom. The number of halogens is 1. The van der Waals surface area contributed by atoms with E-state index in [4.69, 9.17) is 11.6 Å². The molecule has 0 amide bonds. The van der Waals surface area contributed by atoms with Crippen molar-refractivity contribution in [2.45, 2.75) is 20.3 Å². The zero-order chi connectivity index (χ0) is 6.85. The van der Waals surface area contributed by atoms with Crippen LogP contribution in [0.5, 0.6) is 0 Å². The molecule has 0 aliphatic carbocycles. The summed E-state index contributed by atoms with van der Waals surface area (Å²) < 4.78 is 0. The standard InChI is InChI=1S/C7H9ClS/c1-5-3-4-7(8)6(2)9-5/h3H,4H2,1-2H3. The predicted octanol–water partition coefficient (Wildman–Crippen LogP) is 3.50. The summed E-state index contributed by atoms with van der Waals surface area (Å²) in [5.41, 5.74) is 0. The van der Waals surface area contributed by atoms with E-state index in [0.29, 0.717) is 0 Å². The minimum Gasteiger partial charge on any atom is -0.0987 e. The summed E-state index contributed by atoms with van der Waals surface area (Å²) in [5.74, 6) is 0. The van der Waals surface area contributed by atoms with Crippen LogP contribution in [0, 0.1) is 0 Å². The molecule has 1 heterocycles. The lowest BCUT2D eigenvalue weighted by atomic mass is 10.3. The molecular weight excluding hydrogens is 152 g/mol. The number of hydrogen-bond donors (Lipinski definition) is 0. The lowest BCUT2D eigenvalue weighted by Crippen LogP contribution is -1.83. The van der Waals surface area contributed by atoms with Gasteiger partial charge in [0.05, 0.1) is 0 Å². The fourth-order valence-electron chi connectivity index (χ4n) is 0.716. The first-order valence-electron chi connectivity index (χ1n) is 2.90. The van der Waals surface area contributed by atoms with Gasteiger partial charge >= 0.3 is 0 Å². The zero-order valence-corrected chi connectivity index (χ0v) is 7.14. The van der Waals surface area contributed by atoms with Gasteiger partial charge in [0, 0.05) is 16.4 Å². The van der Waals surface area contributed by atoms with Crippen molar-refractivity contribution < 1.29 is 0 Å². The molecule has 0 spiro atoms. The van der Waals surface area contributed by atoms with Crippen molar-refractivity contribution in [2.75, 3.05) is 0 Å². The normalized spacial score (nSPS) is 20.1.